The third kappa shape index (κ3) is 4.07. The van der Waals surface area contributed by atoms with Crippen LogP contribution < -0.4 is 5.32 Å². The lowest BCUT2D eigenvalue weighted by Crippen LogP contribution is -2.13. The summed E-state index contributed by atoms with van der Waals surface area (Å²) in [7, 11) is 0. The first-order chi connectivity index (χ1) is 11.2. The Morgan fingerprint density at radius 3 is 1.87 bits per heavy atom. The van der Waals surface area contributed by atoms with Crippen LogP contribution in [0.4, 0.5) is 11.4 Å². The average molecular weight is 300 g/mol. The number of benzene rings is 3. The summed E-state index contributed by atoms with van der Waals surface area (Å²) in [4.78, 5) is 4.79. The summed E-state index contributed by atoms with van der Waals surface area (Å²) in [5, 5.41) is 3.44. The van der Waals surface area contributed by atoms with Crippen molar-refractivity contribution in [2.45, 2.75) is 13.8 Å². The first kappa shape index (κ1) is 15.0. The third-order valence-electron chi connectivity index (χ3n) is 3.64. The molecule has 0 aromatic heterocycles. The molecule has 3 rings (SSSR count). The van der Waals surface area contributed by atoms with Gasteiger partial charge in [0.05, 0.1) is 5.69 Å². The standard InChI is InChI=1S/C21H20N2/c1-16-8-12-19(13-9-16)22-21(18-6-4-3-5-7-18)23-20-14-10-17(2)11-15-20/h3-15H,1-2H3,(H,22,23). The van der Waals surface area contributed by atoms with Gasteiger partial charge >= 0.3 is 0 Å². The van der Waals surface area contributed by atoms with Gasteiger partial charge in [0.1, 0.15) is 5.84 Å². The van der Waals surface area contributed by atoms with Crippen LogP contribution in [0, 0.1) is 13.8 Å². The van der Waals surface area contributed by atoms with Crippen LogP contribution in [0.15, 0.2) is 83.9 Å². The molecule has 0 amide bonds. The average Bonchev–Trinajstić information content (AvgIpc) is 2.59. The zero-order chi connectivity index (χ0) is 16.1. The minimum absolute atomic E-state index is 0.846. The number of hydrogen-bond acceptors (Lipinski definition) is 1. The van der Waals surface area contributed by atoms with Crippen molar-refractivity contribution in [2.75, 3.05) is 5.32 Å². The van der Waals surface area contributed by atoms with E-state index in [9.17, 15) is 0 Å². The Labute approximate surface area is 137 Å². The molecular formula is C21H20N2. The number of anilines is 1. The van der Waals surface area contributed by atoms with E-state index in [-0.39, 0.29) is 0 Å². The number of amidine groups is 1. The van der Waals surface area contributed by atoms with Gasteiger partial charge in [-0.15, -0.1) is 0 Å². The Hall–Kier alpha value is -2.87. The number of nitrogens with zero attached hydrogens (tertiary/aromatic N) is 1. The highest BCUT2D eigenvalue weighted by atomic mass is 15.0. The van der Waals surface area contributed by atoms with Crippen LogP contribution in [-0.4, -0.2) is 5.84 Å². The van der Waals surface area contributed by atoms with Crippen LogP contribution in [0.25, 0.3) is 0 Å². The van der Waals surface area contributed by atoms with E-state index in [0.717, 1.165) is 22.8 Å². The second kappa shape index (κ2) is 6.93. The molecule has 0 aliphatic carbocycles. The molecule has 0 saturated carbocycles. The molecule has 0 bridgehead atoms. The van der Waals surface area contributed by atoms with E-state index in [2.05, 4.69) is 67.7 Å². The lowest BCUT2D eigenvalue weighted by molar-refractivity contribution is 1.41. The van der Waals surface area contributed by atoms with Crippen molar-refractivity contribution in [1.29, 1.82) is 0 Å². The summed E-state index contributed by atoms with van der Waals surface area (Å²) in [6, 6.07) is 26.7. The molecule has 0 unspecified atom stereocenters. The molecule has 3 aromatic carbocycles. The van der Waals surface area contributed by atoms with Crippen molar-refractivity contribution in [3.05, 3.63) is 95.6 Å². The molecule has 3 aromatic rings. The van der Waals surface area contributed by atoms with E-state index >= 15 is 0 Å². The molecule has 2 nitrogen and oxygen atoms in total. The lowest BCUT2D eigenvalue weighted by atomic mass is 10.1. The topological polar surface area (TPSA) is 24.4 Å². The molecule has 0 heterocycles. The van der Waals surface area contributed by atoms with Gasteiger partial charge in [0.2, 0.25) is 0 Å². The van der Waals surface area contributed by atoms with Crippen LogP contribution in [-0.2, 0) is 0 Å². The van der Waals surface area contributed by atoms with E-state index in [1.54, 1.807) is 0 Å². The molecule has 0 atom stereocenters. The maximum Gasteiger partial charge on any atom is 0.138 e. The summed E-state index contributed by atoms with van der Waals surface area (Å²) in [6.45, 7) is 4.17. The van der Waals surface area contributed by atoms with Crippen LogP contribution in [0.3, 0.4) is 0 Å². The fourth-order valence-electron chi connectivity index (χ4n) is 2.28. The molecule has 0 aliphatic heterocycles. The normalized spacial score (nSPS) is 11.3. The molecule has 0 fully saturated rings. The predicted octanol–water partition coefficient (Wildman–Crippen LogP) is 5.49. The van der Waals surface area contributed by atoms with Gasteiger partial charge in [0.25, 0.3) is 0 Å². The maximum absolute atomic E-state index is 4.79. The van der Waals surface area contributed by atoms with Crippen molar-refractivity contribution in [2.24, 2.45) is 4.99 Å². The van der Waals surface area contributed by atoms with Crippen LogP contribution in [0.1, 0.15) is 16.7 Å². The van der Waals surface area contributed by atoms with Gasteiger partial charge in [-0.3, -0.25) is 0 Å². The predicted molar refractivity (Wildman–Crippen MR) is 98.6 cm³/mol. The number of aryl methyl sites for hydroxylation is 2. The Kier molecular flexibility index (Phi) is 4.53. The molecule has 0 saturated heterocycles. The zero-order valence-electron chi connectivity index (χ0n) is 13.5. The molecular weight excluding hydrogens is 280 g/mol. The quantitative estimate of drug-likeness (QED) is 0.501. The summed E-state index contributed by atoms with van der Waals surface area (Å²) < 4.78 is 0. The molecule has 0 spiro atoms. The van der Waals surface area contributed by atoms with Crippen molar-refractivity contribution < 1.29 is 0 Å². The van der Waals surface area contributed by atoms with Gasteiger partial charge < -0.3 is 5.32 Å². The summed E-state index contributed by atoms with van der Waals surface area (Å²) >= 11 is 0. The van der Waals surface area contributed by atoms with Crippen LogP contribution in [0.2, 0.25) is 0 Å². The molecule has 0 radical (unpaired) electrons. The first-order valence-corrected chi connectivity index (χ1v) is 7.75. The van der Waals surface area contributed by atoms with Gasteiger partial charge in [-0.05, 0) is 38.1 Å². The van der Waals surface area contributed by atoms with Gasteiger partial charge in [-0.2, -0.15) is 0 Å². The van der Waals surface area contributed by atoms with Gasteiger partial charge in [-0.25, -0.2) is 4.99 Å². The van der Waals surface area contributed by atoms with Gasteiger partial charge in [0.15, 0.2) is 0 Å². The number of hydrogen-bond donors (Lipinski definition) is 1. The minimum Gasteiger partial charge on any atom is -0.340 e. The van der Waals surface area contributed by atoms with E-state index in [4.69, 9.17) is 4.99 Å². The molecule has 114 valence electrons. The van der Waals surface area contributed by atoms with Crippen molar-refractivity contribution in [3.8, 4) is 0 Å². The minimum atomic E-state index is 0.846. The number of aliphatic imine (C=N–C) groups is 1. The summed E-state index contributed by atoms with van der Waals surface area (Å²) in [5.74, 6) is 0.846. The Bertz CT molecular complexity index is 786. The Morgan fingerprint density at radius 1 is 0.696 bits per heavy atom. The van der Waals surface area contributed by atoms with Crippen molar-refractivity contribution >= 4 is 17.2 Å². The van der Waals surface area contributed by atoms with E-state index < -0.39 is 0 Å². The number of nitrogens with one attached hydrogen (secondary N) is 1. The highest BCUT2D eigenvalue weighted by Gasteiger charge is 2.04. The molecule has 0 aliphatic rings. The fourth-order valence-corrected chi connectivity index (χ4v) is 2.28. The molecule has 2 heteroatoms. The second-order valence-corrected chi connectivity index (χ2v) is 5.65. The highest BCUT2D eigenvalue weighted by Crippen LogP contribution is 2.17. The SMILES string of the molecule is Cc1ccc(N=C(Nc2ccc(C)cc2)c2ccccc2)cc1. The number of rotatable bonds is 3. The third-order valence-corrected chi connectivity index (χ3v) is 3.64. The Morgan fingerprint density at radius 2 is 1.26 bits per heavy atom. The van der Waals surface area contributed by atoms with Crippen LogP contribution >= 0.6 is 0 Å². The Balaban J connectivity index is 1.96. The van der Waals surface area contributed by atoms with Crippen molar-refractivity contribution in [3.63, 3.8) is 0 Å². The first-order valence-electron chi connectivity index (χ1n) is 7.75. The summed E-state index contributed by atoms with van der Waals surface area (Å²) in [6.07, 6.45) is 0. The molecule has 1 N–H and O–H groups in total. The maximum atomic E-state index is 4.79. The zero-order valence-corrected chi connectivity index (χ0v) is 13.5. The van der Waals surface area contributed by atoms with E-state index in [1.807, 2.05) is 30.3 Å². The van der Waals surface area contributed by atoms with E-state index in [0.29, 0.717) is 0 Å². The summed E-state index contributed by atoms with van der Waals surface area (Å²) in [5.41, 5.74) is 5.51. The van der Waals surface area contributed by atoms with E-state index in [1.165, 1.54) is 11.1 Å². The highest BCUT2D eigenvalue weighted by molar-refractivity contribution is 6.09. The van der Waals surface area contributed by atoms with Gasteiger partial charge in [0, 0.05) is 11.3 Å². The largest absolute Gasteiger partial charge is 0.340 e. The molecule has 23 heavy (non-hydrogen) atoms. The van der Waals surface area contributed by atoms with Crippen LogP contribution in [0.5, 0.6) is 0 Å². The second-order valence-electron chi connectivity index (χ2n) is 5.65. The smallest absolute Gasteiger partial charge is 0.138 e. The van der Waals surface area contributed by atoms with Gasteiger partial charge in [-0.1, -0.05) is 65.7 Å². The lowest BCUT2D eigenvalue weighted by Gasteiger charge is -2.11. The van der Waals surface area contributed by atoms with Crippen molar-refractivity contribution in [1.82, 2.24) is 0 Å². The monoisotopic (exact) mass is 300 g/mol. The fraction of sp³-hybridized carbons (Fsp3) is 0.0952.